The smallest absolute Gasteiger partial charge is 0.128 e. The van der Waals surface area contributed by atoms with Crippen LogP contribution in [0, 0.1) is 11.3 Å². The van der Waals surface area contributed by atoms with Crippen molar-refractivity contribution >= 4 is 15.9 Å². The van der Waals surface area contributed by atoms with Gasteiger partial charge in [-0.1, -0.05) is 73.7 Å². The summed E-state index contributed by atoms with van der Waals surface area (Å²) in [6.45, 7) is 4.96. The summed E-state index contributed by atoms with van der Waals surface area (Å²) in [6.07, 6.45) is 0. The summed E-state index contributed by atoms with van der Waals surface area (Å²) in [5.74, 6) is 1.43. The lowest BCUT2D eigenvalue weighted by atomic mass is 10.0. The zero-order chi connectivity index (χ0) is 26.7. The Morgan fingerprint density at radius 2 is 1.68 bits per heavy atom. The Morgan fingerprint density at radius 3 is 2.45 bits per heavy atom. The molecule has 0 atom stereocenters. The average molecular weight is 572 g/mol. The van der Waals surface area contributed by atoms with Gasteiger partial charge in [-0.05, 0) is 57.4 Å². The molecule has 0 aromatic heterocycles. The fourth-order valence-electron chi connectivity index (χ4n) is 4.21. The fourth-order valence-corrected chi connectivity index (χ4v) is 4.81. The standard InChI is InChI=1S/C32H31BrN2O3/c1-2-35(16-17-36)21-27-14-15-29(19-31(27)38-22-25-9-6-8-24(18-25)20-34)37-23-28-12-7-13-30(32(28)33)26-10-4-3-5-11-26/h3-15,18-19,36H,2,16-17,21-23H2,1H3. The van der Waals surface area contributed by atoms with Gasteiger partial charge in [0.1, 0.15) is 24.7 Å². The second-order valence-electron chi connectivity index (χ2n) is 8.90. The lowest BCUT2D eigenvalue weighted by Gasteiger charge is -2.22. The first-order valence-electron chi connectivity index (χ1n) is 12.6. The maximum atomic E-state index is 9.43. The van der Waals surface area contributed by atoms with Crippen molar-refractivity contribution in [3.8, 4) is 28.7 Å². The first-order valence-corrected chi connectivity index (χ1v) is 13.4. The minimum absolute atomic E-state index is 0.100. The lowest BCUT2D eigenvalue weighted by Crippen LogP contribution is -2.26. The number of benzene rings is 4. The SMILES string of the molecule is CCN(CCO)Cc1ccc(OCc2cccc(-c3ccccc3)c2Br)cc1OCc1cccc(C#N)c1. The van der Waals surface area contributed by atoms with Crippen LogP contribution in [0.5, 0.6) is 11.5 Å². The predicted molar refractivity (Wildman–Crippen MR) is 154 cm³/mol. The van der Waals surface area contributed by atoms with Crippen LogP contribution in [0.15, 0.2) is 95.5 Å². The van der Waals surface area contributed by atoms with Crippen molar-refractivity contribution in [1.29, 1.82) is 5.26 Å². The molecule has 1 N–H and O–H groups in total. The Morgan fingerprint density at radius 1 is 0.868 bits per heavy atom. The number of rotatable bonds is 12. The molecule has 0 heterocycles. The highest BCUT2D eigenvalue weighted by Gasteiger charge is 2.13. The second kappa shape index (κ2) is 13.8. The van der Waals surface area contributed by atoms with Gasteiger partial charge < -0.3 is 14.6 Å². The van der Waals surface area contributed by atoms with Gasteiger partial charge >= 0.3 is 0 Å². The number of nitrogens with zero attached hydrogens (tertiary/aromatic N) is 2. The number of halogens is 1. The largest absolute Gasteiger partial charge is 0.489 e. The van der Waals surface area contributed by atoms with Crippen LogP contribution in [0.2, 0.25) is 0 Å². The molecule has 38 heavy (non-hydrogen) atoms. The van der Waals surface area contributed by atoms with Crippen molar-refractivity contribution in [3.63, 3.8) is 0 Å². The Bertz CT molecular complexity index is 1390. The normalized spacial score (nSPS) is 10.8. The van der Waals surface area contributed by atoms with Crippen LogP contribution in [-0.4, -0.2) is 29.7 Å². The van der Waals surface area contributed by atoms with Crippen molar-refractivity contribution in [3.05, 3.63) is 118 Å². The number of ether oxygens (including phenoxy) is 2. The summed E-state index contributed by atoms with van der Waals surface area (Å²) in [6, 6.07) is 31.9. The van der Waals surface area contributed by atoms with Crippen LogP contribution in [0.3, 0.4) is 0 Å². The third-order valence-electron chi connectivity index (χ3n) is 6.30. The van der Waals surface area contributed by atoms with Crippen LogP contribution in [0.4, 0.5) is 0 Å². The third kappa shape index (κ3) is 7.23. The van der Waals surface area contributed by atoms with Crippen LogP contribution in [0.1, 0.15) is 29.2 Å². The molecule has 4 aromatic carbocycles. The molecule has 0 spiro atoms. The van der Waals surface area contributed by atoms with E-state index < -0.39 is 0 Å². The summed E-state index contributed by atoms with van der Waals surface area (Å²) >= 11 is 3.78. The van der Waals surface area contributed by atoms with Crippen molar-refractivity contribution < 1.29 is 14.6 Å². The number of likely N-dealkylation sites (N-methyl/N-ethyl adjacent to an activating group) is 1. The quantitative estimate of drug-likeness (QED) is 0.199. The number of nitriles is 1. The van der Waals surface area contributed by atoms with Gasteiger partial charge in [-0.2, -0.15) is 5.26 Å². The molecule has 0 bridgehead atoms. The molecular weight excluding hydrogens is 540 g/mol. The molecule has 0 aliphatic heterocycles. The maximum Gasteiger partial charge on any atom is 0.128 e. The van der Waals surface area contributed by atoms with Gasteiger partial charge in [0.05, 0.1) is 18.2 Å². The monoisotopic (exact) mass is 570 g/mol. The lowest BCUT2D eigenvalue weighted by molar-refractivity contribution is 0.193. The molecule has 4 aromatic rings. The molecule has 5 nitrogen and oxygen atoms in total. The number of hydrogen-bond donors (Lipinski definition) is 1. The summed E-state index contributed by atoms with van der Waals surface area (Å²) in [7, 11) is 0. The molecule has 0 amide bonds. The summed E-state index contributed by atoms with van der Waals surface area (Å²) in [5, 5.41) is 18.7. The number of aliphatic hydroxyl groups is 1. The van der Waals surface area contributed by atoms with Gasteiger partial charge in [-0.3, -0.25) is 4.90 Å². The minimum Gasteiger partial charge on any atom is -0.489 e. The van der Waals surface area contributed by atoms with E-state index in [1.165, 1.54) is 0 Å². The highest BCUT2D eigenvalue weighted by molar-refractivity contribution is 9.10. The third-order valence-corrected chi connectivity index (χ3v) is 7.24. The molecule has 0 unspecified atom stereocenters. The van der Waals surface area contributed by atoms with Crippen LogP contribution >= 0.6 is 15.9 Å². The highest BCUT2D eigenvalue weighted by Crippen LogP contribution is 2.33. The molecule has 0 saturated heterocycles. The molecule has 4 rings (SSSR count). The Balaban J connectivity index is 1.54. The van der Waals surface area contributed by atoms with Gasteiger partial charge in [-0.15, -0.1) is 0 Å². The molecule has 0 radical (unpaired) electrons. The van der Waals surface area contributed by atoms with Gasteiger partial charge in [0, 0.05) is 34.8 Å². The van der Waals surface area contributed by atoms with E-state index in [9.17, 15) is 10.4 Å². The van der Waals surface area contributed by atoms with Crippen molar-refractivity contribution in [2.24, 2.45) is 0 Å². The van der Waals surface area contributed by atoms with Crippen molar-refractivity contribution in [2.75, 3.05) is 19.7 Å². The molecule has 0 aliphatic rings. The highest BCUT2D eigenvalue weighted by atomic mass is 79.9. The van der Waals surface area contributed by atoms with Gasteiger partial charge in [-0.25, -0.2) is 0 Å². The van der Waals surface area contributed by atoms with E-state index in [4.69, 9.17) is 9.47 Å². The zero-order valence-corrected chi connectivity index (χ0v) is 23.0. The zero-order valence-electron chi connectivity index (χ0n) is 21.4. The van der Waals surface area contributed by atoms with Gasteiger partial charge in [0.2, 0.25) is 0 Å². The first kappa shape index (κ1) is 27.4. The van der Waals surface area contributed by atoms with E-state index in [0.29, 0.717) is 37.6 Å². The van der Waals surface area contributed by atoms with E-state index in [1.54, 1.807) is 6.07 Å². The summed E-state index contributed by atoms with van der Waals surface area (Å²) < 4.78 is 13.5. The van der Waals surface area contributed by atoms with E-state index in [-0.39, 0.29) is 6.61 Å². The molecule has 6 heteroatoms. The summed E-state index contributed by atoms with van der Waals surface area (Å²) in [5.41, 5.74) is 5.85. The average Bonchev–Trinajstić information content (AvgIpc) is 2.96. The first-order chi connectivity index (χ1) is 18.6. The van der Waals surface area contributed by atoms with Crippen molar-refractivity contribution in [1.82, 2.24) is 4.90 Å². The van der Waals surface area contributed by atoms with Crippen LogP contribution < -0.4 is 9.47 Å². The topological polar surface area (TPSA) is 65.7 Å². The Kier molecular flexibility index (Phi) is 9.94. The van der Waals surface area contributed by atoms with E-state index >= 15 is 0 Å². The fraction of sp³-hybridized carbons (Fsp3) is 0.219. The van der Waals surface area contributed by atoms with Crippen LogP contribution in [-0.2, 0) is 19.8 Å². The van der Waals surface area contributed by atoms with E-state index in [1.807, 2.05) is 60.7 Å². The van der Waals surface area contributed by atoms with Gasteiger partial charge in [0.15, 0.2) is 0 Å². The maximum absolute atomic E-state index is 9.43. The summed E-state index contributed by atoms with van der Waals surface area (Å²) in [4.78, 5) is 2.16. The Hall–Kier alpha value is -3.63. The van der Waals surface area contributed by atoms with E-state index in [0.717, 1.165) is 44.6 Å². The molecule has 0 saturated carbocycles. The molecule has 194 valence electrons. The van der Waals surface area contributed by atoms with E-state index in [2.05, 4.69) is 58.1 Å². The van der Waals surface area contributed by atoms with Crippen molar-refractivity contribution in [2.45, 2.75) is 26.7 Å². The minimum atomic E-state index is 0.100. The Labute approximate surface area is 233 Å². The van der Waals surface area contributed by atoms with Gasteiger partial charge in [0.25, 0.3) is 0 Å². The predicted octanol–water partition coefficient (Wildman–Crippen LogP) is 6.96. The molecular formula is C32H31BrN2O3. The molecule has 0 fully saturated rings. The molecule has 0 aliphatic carbocycles. The van der Waals surface area contributed by atoms with Crippen LogP contribution in [0.25, 0.3) is 11.1 Å². The second-order valence-corrected chi connectivity index (χ2v) is 9.69. The number of hydrogen-bond acceptors (Lipinski definition) is 5. The number of aliphatic hydroxyl groups excluding tert-OH is 1.